The van der Waals surface area contributed by atoms with Gasteiger partial charge in [-0.1, -0.05) is 0 Å². The summed E-state index contributed by atoms with van der Waals surface area (Å²) in [6, 6.07) is 1.75. The van der Waals surface area contributed by atoms with Gasteiger partial charge in [0.25, 0.3) is 0 Å². The minimum absolute atomic E-state index is 0.140. The molecule has 1 N–H and O–H groups in total. The van der Waals surface area contributed by atoms with Gasteiger partial charge < -0.3 is 19.7 Å². The van der Waals surface area contributed by atoms with E-state index in [-0.39, 0.29) is 5.91 Å². The molecule has 7 nitrogen and oxygen atoms in total. The SMILES string of the molecule is CCOc1cc(NCCC(=O)N2CCOCC2)nc(C)n1. The normalized spacial score (nSPS) is 14.9. The van der Waals surface area contributed by atoms with Crippen molar-refractivity contribution in [3.8, 4) is 5.88 Å². The van der Waals surface area contributed by atoms with Crippen molar-refractivity contribution in [1.29, 1.82) is 0 Å². The molecule has 1 saturated heterocycles. The molecule has 0 aromatic carbocycles. The first-order valence-corrected chi connectivity index (χ1v) is 7.27. The zero-order valence-corrected chi connectivity index (χ0v) is 12.6. The second-order valence-electron chi connectivity index (χ2n) is 4.74. The zero-order chi connectivity index (χ0) is 15.1. The van der Waals surface area contributed by atoms with Crippen LogP contribution in [0.5, 0.6) is 5.88 Å². The van der Waals surface area contributed by atoms with E-state index in [2.05, 4.69) is 15.3 Å². The van der Waals surface area contributed by atoms with Gasteiger partial charge in [0.1, 0.15) is 11.6 Å². The molecule has 1 aromatic rings. The molecule has 21 heavy (non-hydrogen) atoms. The van der Waals surface area contributed by atoms with Gasteiger partial charge in [-0.05, 0) is 13.8 Å². The third-order valence-electron chi connectivity index (χ3n) is 3.12. The number of hydrogen-bond donors (Lipinski definition) is 1. The van der Waals surface area contributed by atoms with E-state index in [0.29, 0.717) is 63.4 Å². The van der Waals surface area contributed by atoms with Crippen molar-refractivity contribution in [3.63, 3.8) is 0 Å². The van der Waals surface area contributed by atoms with Crippen LogP contribution in [0, 0.1) is 6.92 Å². The fraction of sp³-hybridized carbons (Fsp3) is 0.643. The van der Waals surface area contributed by atoms with Crippen molar-refractivity contribution in [2.24, 2.45) is 0 Å². The number of morpholine rings is 1. The molecular formula is C14H22N4O3. The van der Waals surface area contributed by atoms with E-state index < -0.39 is 0 Å². The molecule has 1 fully saturated rings. The highest BCUT2D eigenvalue weighted by atomic mass is 16.5. The Balaban J connectivity index is 1.81. The van der Waals surface area contributed by atoms with Crippen LogP contribution >= 0.6 is 0 Å². The van der Waals surface area contributed by atoms with Crippen LogP contribution in [-0.4, -0.2) is 60.2 Å². The second-order valence-corrected chi connectivity index (χ2v) is 4.74. The Kier molecular flexibility index (Phi) is 5.74. The van der Waals surface area contributed by atoms with Gasteiger partial charge in [0.05, 0.1) is 19.8 Å². The smallest absolute Gasteiger partial charge is 0.224 e. The first-order valence-electron chi connectivity index (χ1n) is 7.27. The van der Waals surface area contributed by atoms with Crippen molar-refractivity contribution in [3.05, 3.63) is 11.9 Å². The summed E-state index contributed by atoms with van der Waals surface area (Å²) in [5.74, 6) is 2.01. The molecule has 1 aromatic heterocycles. The number of amides is 1. The van der Waals surface area contributed by atoms with E-state index >= 15 is 0 Å². The molecular weight excluding hydrogens is 272 g/mol. The van der Waals surface area contributed by atoms with Crippen LogP contribution in [0.15, 0.2) is 6.07 Å². The van der Waals surface area contributed by atoms with E-state index in [0.717, 1.165) is 0 Å². The van der Waals surface area contributed by atoms with Gasteiger partial charge in [-0.15, -0.1) is 0 Å². The van der Waals surface area contributed by atoms with Crippen LogP contribution in [0.2, 0.25) is 0 Å². The fourth-order valence-corrected chi connectivity index (χ4v) is 2.12. The Hall–Kier alpha value is -1.89. The minimum atomic E-state index is 0.140. The molecule has 0 aliphatic carbocycles. The molecule has 1 aliphatic heterocycles. The average Bonchev–Trinajstić information content (AvgIpc) is 2.48. The molecule has 7 heteroatoms. The maximum absolute atomic E-state index is 12.0. The predicted octanol–water partition coefficient (Wildman–Crippen LogP) is 0.845. The molecule has 116 valence electrons. The minimum Gasteiger partial charge on any atom is -0.478 e. The van der Waals surface area contributed by atoms with Gasteiger partial charge in [0, 0.05) is 32.1 Å². The van der Waals surface area contributed by atoms with E-state index in [1.54, 1.807) is 6.07 Å². The molecule has 0 bridgehead atoms. The molecule has 0 unspecified atom stereocenters. The van der Waals surface area contributed by atoms with Crippen molar-refractivity contribution in [2.45, 2.75) is 20.3 Å². The number of rotatable bonds is 6. The number of nitrogens with one attached hydrogen (secondary N) is 1. The maximum atomic E-state index is 12.0. The summed E-state index contributed by atoms with van der Waals surface area (Å²) in [5, 5.41) is 3.14. The van der Waals surface area contributed by atoms with Crippen LogP contribution in [0.4, 0.5) is 5.82 Å². The number of aryl methyl sites for hydroxylation is 1. The van der Waals surface area contributed by atoms with Crippen molar-refractivity contribution < 1.29 is 14.3 Å². The highest BCUT2D eigenvalue weighted by molar-refractivity contribution is 5.76. The molecule has 0 spiro atoms. The molecule has 0 atom stereocenters. The summed E-state index contributed by atoms with van der Waals surface area (Å²) in [5.41, 5.74) is 0. The molecule has 1 aliphatic rings. The van der Waals surface area contributed by atoms with E-state index in [1.807, 2.05) is 18.7 Å². The van der Waals surface area contributed by atoms with Gasteiger partial charge in [0.15, 0.2) is 0 Å². The van der Waals surface area contributed by atoms with E-state index in [9.17, 15) is 4.79 Å². The Morgan fingerprint density at radius 2 is 2.19 bits per heavy atom. The lowest BCUT2D eigenvalue weighted by molar-refractivity contribution is -0.134. The van der Waals surface area contributed by atoms with Gasteiger partial charge in [-0.25, -0.2) is 4.98 Å². The van der Waals surface area contributed by atoms with Crippen molar-refractivity contribution in [1.82, 2.24) is 14.9 Å². The van der Waals surface area contributed by atoms with Crippen LogP contribution in [0.1, 0.15) is 19.2 Å². The number of nitrogens with zero attached hydrogens (tertiary/aromatic N) is 3. The molecule has 2 heterocycles. The standard InChI is InChI=1S/C14H22N4O3/c1-3-21-13-10-12(16-11(2)17-13)15-5-4-14(19)18-6-8-20-9-7-18/h10H,3-9H2,1-2H3,(H,15,16,17). The number of anilines is 1. The predicted molar refractivity (Wildman–Crippen MR) is 78.4 cm³/mol. The monoisotopic (exact) mass is 294 g/mol. The molecule has 0 radical (unpaired) electrons. The summed E-state index contributed by atoms with van der Waals surface area (Å²) in [4.78, 5) is 22.3. The molecule has 2 rings (SSSR count). The number of carbonyl (C=O) groups excluding carboxylic acids is 1. The van der Waals surface area contributed by atoms with Gasteiger partial charge >= 0.3 is 0 Å². The van der Waals surface area contributed by atoms with Crippen molar-refractivity contribution >= 4 is 11.7 Å². The fourth-order valence-electron chi connectivity index (χ4n) is 2.12. The number of ether oxygens (including phenoxy) is 2. The summed E-state index contributed by atoms with van der Waals surface area (Å²) in [6.07, 6.45) is 0.438. The second kappa shape index (κ2) is 7.78. The Morgan fingerprint density at radius 1 is 1.43 bits per heavy atom. The third-order valence-corrected chi connectivity index (χ3v) is 3.12. The number of carbonyl (C=O) groups is 1. The zero-order valence-electron chi connectivity index (χ0n) is 12.6. The lowest BCUT2D eigenvalue weighted by Crippen LogP contribution is -2.41. The Labute approximate surface area is 124 Å². The van der Waals surface area contributed by atoms with Crippen LogP contribution < -0.4 is 10.1 Å². The van der Waals surface area contributed by atoms with Crippen LogP contribution in [-0.2, 0) is 9.53 Å². The Morgan fingerprint density at radius 3 is 2.90 bits per heavy atom. The Bertz CT molecular complexity index is 475. The summed E-state index contributed by atoms with van der Waals surface area (Å²) in [6.45, 7) is 7.44. The van der Waals surface area contributed by atoms with Crippen LogP contribution in [0.25, 0.3) is 0 Å². The lowest BCUT2D eigenvalue weighted by atomic mass is 10.3. The third kappa shape index (κ3) is 4.86. The maximum Gasteiger partial charge on any atom is 0.224 e. The molecule has 0 saturated carbocycles. The highest BCUT2D eigenvalue weighted by Gasteiger charge is 2.16. The summed E-state index contributed by atoms with van der Waals surface area (Å²) in [7, 11) is 0. The van der Waals surface area contributed by atoms with Crippen molar-refractivity contribution in [2.75, 3.05) is 44.8 Å². The largest absolute Gasteiger partial charge is 0.478 e. The summed E-state index contributed by atoms with van der Waals surface area (Å²) >= 11 is 0. The topological polar surface area (TPSA) is 76.6 Å². The average molecular weight is 294 g/mol. The van der Waals surface area contributed by atoms with Gasteiger partial charge in [-0.2, -0.15) is 4.98 Å². The quantitative estimate of drug-likeness (QED) is 0.838. The number of aromatic nitrogens is 2. The number of hydrogen-bond acceptors (Lipinski definition) is 6. The first kappa shape index (κ1) is 15.5. The van der Waals surface area contributed by atoms with E-state index in [1.165, 1.54) is 0 Å². The summed E-state index contributed by atoms with van der Waals surface area (Å²) < 4.78 is 10.6. The van der Waals surface area contributed by atoms with Gasteiger partial charge in [-0.3, -0.25) is 4.79 Å². The lowest BCUT2D eigenvalue weighted by Gasteiger charge is -2.26. The first-order chi connectivity index (χ1) is 10.2. The van der Waals surface area contributed by atoms with Crippen LogP contribution in [0.3, 0.4) is 0 Å². The van der Waals surface area contributed by atoms with E-state index in [4.69, 9.17) is 9.47 Å². The molecule has 1 amide bonds. The highest BCUT2D eigenvalue weighted by Crippen LogP contribution is 2.13. The van der Waals surface area contributed by atoms with Gasteiger partial charge in [0.2, 0.25) is 11.8 Å².